The molecule has 2 aliphatic rings. The summed E-state index contributed by atoms with van der Waals surface area (Å²) >= 11 is 1.25. The normalized spacial score (nSPS) is 18.7. The number of carbonyl (C=O) groups excluding carboxylic acids is 2. The van der Waals surface area contributed by atoms with Crippen molar-refractivity contribution in [3.05, 3.63) is 23.9 Å². The maximum Gasteiger partial charge on any atom is 0.490 e. The Kier molecular flexibility index (Phi) is 9.37. The molecule has 1 saturated heterocycles. The number of halogens is 3. The van der Waals surface area contributed by atoms with Crippen LogP contribution in [0.25, 0.3) is 10.4 Å². The molecule has 1 atom stereocenters. The number of rotatable bonds is 10. The van der Waals surface area contributed by atoms with Crippen molar-refractivity contribution in [3.8, 4) is 16.2 Å². The second-order valence-corrected chi connectivity index (χ2v) is 12.4. The van der Waals surface area contributed by atoms with Crippen molar-refractivity contribution in [2.75, 3.05) is 32.1 Å². The van der Waals surface area contributed by atoms with Crippen LogP contribution in [0.15, 0.2) is 23.1 Å². The van der Waals surface area contributed by atoms with Gasteiger partial charge in [0.15, 0.2) is 11.4 Å². The minimum absolute atomic E-state index is 0.0241. The molecule has 2 fully saturated rings. The van der Waals surface area contributed by atoms with Crippen molar-refractivity contribution >= 4 is 38.4 Å². The predicted molar refractivity (Wildman–Crippen MR) is 141 cm³/mol. The lowest BCUT2D eigenvalue weighted by molar-refractivity contribution is -0.210. The number of ether oxygens (including phenoxy) is 2. The lowest BCUT2D eigenvalue weighted by atomic mass is 10.1. The van der Waals surface area contributed by atoms with Crippen LogP contribution in [-0.2, 0) is 24.3 Å². The third-order valence-corrected chi connectivity index (χ3v) is 9.54. The first kappa shape index (κ1) is 30.2. The van der Waals surface area contributed by atoms with E-state index < -0.39 is 28.4 Å². The Labute approximate surface area is 234 Å². The van der Waals surface area contributed by atoms with Gasteiger partial charge in [0.05, 0.1) is 17.7 Å². The number of aromatic nitrogens is 1. The van der Waals surface area contributed by atoms with Crippen molar-refractivity contribution < 1.29 is 40.7 Å². The van der Waals surface area contributed by atoms with Gasteiger partial charge in [-0.15, -0.1) is 0 Å². The maximum atomic E-state index is 13.2. The number of likely N-dealkylation sites (tertiary alicyclic amines) is 1. The Morgan fingerprint density at radius 3 is 2.58 bits per heavy atom. The zero-order valence-electron chi connectivity index (χ0n) is 22.0. The number of hydrogen-bond acceptors (Lipinski definition) is 9. The average molecular weight is 605 g/mol. The molecule has 1 unspecified atom stereocenters. The van der Waals surface area contributed by atoms with Crippen LogP contribution in [-0.4, -0.2) is 69.3 Å². The zero-order valence-corrected chi connectivity index (χ0v) is 23.7. The van der Waals surface area contributed by atoms with Gasteiger partial charge in [0.2, 0.25) is 15.9 Å². The molecule has 15 heteroatoms. The molecule has 2 aromatic rings. The number of amides is 1. The van der Waals surface area contributed by atoms with E-state index in [-0.39, 0.29) is 42.0 Å². The van der Waals surface area contributed by atoms with Gasteiger partial charge in [-0.1, -0.05) is 24.2 Å². The first-order valence-corrected chi connectivity index (χ1v) is 15.2. The summed E-state index contributed by atoms with van der Waals surface area (Å²) in [5, 5.41) is 3.31. The Morgan fingerprint density at radius 1 is 1.18 bits per heavy atom. The molecule has 10 nitrogen and oxygen atoms in total. The van der Waals surface area contributed by atoms with E-state index in [0.717, 1.165) is 25.7 Å². The molecule has 1 aliphatic heterocycles. The van der Waals surface area contributed by atoms with E-state index in [1.165, 1.54) is 35.5 Å². The number of methoxy groups -OCH3 is 1. The molecule has 1 aromatic carbocycles. The number of carbonyl (C=O) groups is 2. The summed E-state index contributed by atoms with van der Waals surface area (Å²) in [6, 6.07) is 4.67. The van der Waals surface area contributed by atoms with Crippen LogP contribution in [0.3, 0.4) is 0 Å². The number of thiazole rings is 1. The number of alkyl halides is 3. The number of nitrogens with zero attached hydrogens (tertiary/aromatic N) is 2. The van der Waals surface area contributed by atoms with Gasteiger partial charge in [0.25, 0.3) is 0 Å². The Balaban J connectivity index is 1.45. The number of anilines is 1. The monoisotopic (exact) mass is 604 g/mol. The van der Waals surface area contributed by atoms with Crippen molar-refractivity contribution in [2.45, 2.75) is 62.7 Å². The molecule has 4 rings (SSSR count). The molecular formula is C25H31F3N4O6S2. The summed E-state index contributed by atoms with van der Waals surface area (Å²) in [5.74, 6) is -2.25. The van der Waals surface area contributed by atoms with Crippen LogP contribution in [0.4, 0.5) is 18.3 Å². The van der Waals surface area contributed by atoms with E-state index >= 15 is 0 Å². The molecule has 1 aliphatic carbocycles. The molecular weight excluding hydrogens is 573 g/mol. The van der Waals surface area contributed by atoms with E-state index in [1.807, 2.05) is 0 Å². The fourth-order valence-corrected chi connectivity index (χ4v) is 7.10. The summed E-state index contributed by atoms with van der Waals surface area (Å²) in [5.41, 5.74) is 1.19. The van der Waals surface area contributed by atoms with Gasteiger partial charge >= 0.3 is 12.1 Å². The molecule has 220 valence electrons. The van der Waals surface area contributed by atoms with Crippen LogP contribution < -0.4 is 14.8 Å². The zero-order chi connectivity index (χ0) is 29.1. The van der Waals surface area contributed by atoms with E-state index in [0.29, 0.717) is 34.2 Å². The van der Waals surface area contributed by atoms with Gasteiger partial charge < -0.3 is 14.8 Å². The molecule has 0 bridgehead atoms. The highest BCUT2D eigenvalue weighted by molar-refractivity contribution is 7.89. The van der Waals surface area contributed by atoms with Crippen molar-refractivity contribution in [3.63, 3.8) is 0 Å². The first-order valence-electron chi connectivity index (χ1n) is 12.9. The molecule has 2 N–H and O–H groups in total. The van der Waals surface area contributed by atoms with E-state index in [2.05, 4.69) is 19.8 Å². The molecule has 2 heterocycles. The smallest absolute Gasteiger partial charge is 0.490 e. The second-order valence-electron chi connectivity index (χ2n) is 9.70. The molecule has 0 radical (unpaired) electrons. The van der Waals surface area contributed by atoms with Crippen LogP contribution in [0.1, 0.15) is 44.2 Å². The van der Waals surface area contributed by atoms with Crippen LogP contribution in [0.2, 0.25) is 0 Å². The third kappa shape index (κ3) is 7.11. The number of esters is 1. The van der Waals surface area contributed by atoms with Crippen molar-refractivity contribution in [2.24, 2.45) is 5.92 Å². The topological polar surface area (TPSA) is 127 Å². The van der Waals surface area contributed by atoms with E-state index in [9.17, 15) is 31.2 Å². The minimum atomic E-state index is -5.10. The summed E-state index contributed by atoms with van der Waals surface area (Å²) in [6.07, 6.45) is -1.68. The lowest BCUT2D eigenvalue weighted by Crippen LogP contribution is -2.41. The minimum Gasteiger partial charge on any atom is -0.495 e. The number of sulfonamides is 1. The van der Waals surface area contributed by atoms with Gasteiger partial charge in [-0.05, 0) is 56.4 Å². The van der Waals surface area contributed by atoms with Crippen molar-refractivity contribution in [1.82, 2.24) is 14.6 Å². The molecule has 40 heavy (non-hydrogen) atoms. The maximum absolute atomic E-state index is 13.2. The molecule has 1 saturated carbocycles. The highest BCUT2D eigenvalue weighted by Crippen LogP contribution is 2.37. The summed E-state index contributed by atoms with van der Waals surface area (Å²) < 4.78 is 76.5. The Hall–Kier alpha value is -2.75. The Bertz CT molecular complexity index is 1340. The lowest BCUT2D eigenvalue weighted by Gasteiger charge is -2.24. The average Bonchev–Trinajstić information content (AvgIpc) is 3.65. The fraction of sp³-hybridized carbons (Fsp3) is 0.560. The van der Waals surface area contributed by atoms with E-state index in [1.54, 1.807) is 13.0 Å². The largest absolute Gasteiger partial charge is 0.495 e. The number of hydrogen-bond donors (Lipinski definition) is 2. The highest BCUT2D eigenvalue weighted by atomic mass is 32.2. The van der Waals surface area contributed by atoms with Gasteiger partial charge in [0.1, 0.15) is 10.6 Å². The SMILES string of the molecule is COc1ccc(-c2sc(NC(=O)C3CCCC3)nc2C)cc1S(=O)(=O)NCCN1CCCC1OC(=O)C(F)(F)F. The highest BCUT2D eigenvalue weighted by Gasteiger charge is 2.43. The van der Waals surface area contributed by atoms with Crippen molar-refractivity contribution in [1.29, 1.82) is 0 Å². The summed E-state index contributed by atoms with van der Waals surface area (Å²) in [7, 11) is -2.76. The number of benzene rings is 1. The third-order valence-electron chi connectivity index (χ3n) is 6.94. The Morgan fingerprint density at radius 2 is 1.90 bits per heavy atom. The van der Waals surface area contributed by atoms with Gasteiger partial charge in [-0.25, -0.2) is 22.9 Å². The number of aryl methyl sites for hydroxylation is 1. The second kappa shape index (κ2) is 12.4. The quantitative estimate of drug-likeness (QED) is 0.389. The van der Waals surface area contributed by atoms with Crippen LogP contribution in [0.5, 0.6) is 5.75 Å². The summed E-state index contributed by atoms with van der Waals surface area (Å²) in [6.45, 7) is 2.04. The van der Waals surface area contributed by atoms with Crippen LogP contribution in [0, 0.1) is 12.8 Å². The molecule has 1 aromatic heterocycles. The predicted octanol–water partition coefficient (Wildman–Crippen LogP) is 4.06. The van der Waals surface area contributed by atoms with Gasteiger partial charge in [-0.3, -0.25) is 9.69 Å². The van der Waals surface area contributed by atoms with Gasteiger partial charge in [-0.2, -0.15) is 13.2 Å². The van der Waals surface area contributed by atoms with Gasteiger partial charge in [0, 0.05) is 25.6 Å². The molecule has 0 spiro atoms. The van der Waals surface area contributed by atoms with Crippen LogP contribution >= 0.6 is 11.3 Å². The fourth-order valence-electron chi connectivity index (χ4n) is 4.92. The molecule has 1 amide bonds. The standard InChI is InChI=1S/C25H31F3N4O6S2/c1-15-21(39-24(30-15)31-22(33)16-6-3-4-7-16)17-9-10-18(37-2)19(14-17)40(35,36)29-11-13-32-12-5-8-20(32)38-23(34)25(26,27)28/h9-10,14,16,20,29H,3-8,11-13H2,1-2H3,(H,30,31,33). The van der Waals surface area contributed by atoms with E-state index in [4.69, 9.17) is 4.74 Å². The summed E-state index contributed by atoms with van der Waals surface area (Å²) in [4.78, 5) is 30.2. The number of nitrogens with one attached hydrogen (secondary N) is 2. The first-order chi connectivity index (χ1) is 18.9.